The van der Waals surface area contributed by atoms with Crippen LogP contribution in [0, 0.1) is 11.3 Å². The lowest BCUT2D eigenvalue weighted by Gasteiger charge is -2.33. The maximum atomic E-state index is 11.9. The second-order valence-corrected chi connectivity index (χ2v) is 4.86. The Morgan fingerprint density at radius 1 is 1.54 bits per heavy atom. The van der Waals surface area contributed by atoms with Crippen molar-refractivity contribution in [3.63, 3.8) is 0 Å². The number of hydrogen-bond donors (Lipinski definition) is 1. The Morgan fingerprint density at radius 3 is 2.69 bits per heavy atom. The summed E-state index contributed by atoms with van der Waals surface area (Å²) in [6.45, 7) is 8.27. The molecule has 0 bridgehead atoms. The molecule has 1 N–H and O–H groups in total. The van der Waals surface area contributed by atoms with Crippen LogP contribution >= 0.6 is 0 Å². The van der Waals surface area contributed by atoms with Gasteiger partial charge in [0.2, 0.25) is 0 Å². The lowest BCUT2D eigenvalue weighted by atomic mass is 9.76. The molecule has 0 saturated carbocycles. The zero-order valence-corrected chi connectivity index (χ0v) is 9.02. The topological polar surface area (TPSA) is 29.1 Å². The molecule has 0 radical (unpaired) electrons. The molecular formula is C11H21NO. The summed E-state index contributed by atoms with van der Waals surface area (Å²) in [4.78, 5) is 11.9. The second kappa shape index (κ2) is 4.23. The molecule has 1 unspecified atom stereocenters. The van der Waals surface area contributed by atoms with Crippen LogP contribution in [0.4, 0.5) is 0 Å². The fourth-order valence-corrected chi connectivity index (χ4v) is 1.91. The van der Waals surface area contributed by atoms with E-state index in [0.717, 1.165) is 32.4 Å². The summed E-state index contributed by atoms with van der Waals surface area (Å²) in [5.74, 6) is 0.931. The van der Waals surface area contributed by atoms with Crippen molar-refractivity contribution in [1.82, 2.24) is 5.32 Å². The van der Waals surface area contributed by atoms with E-state index in [1.807, 2.05) is 0 Å². The van der Waals surface area contributed by atoms with Crippen molar-refractivity contribution in [3.8, 4) is 0 Å². The molecular weight excluding hydrogens is 162 g/mol. The highest BCUT2D eigenvalue weighted by Crippen LogP contribution is 2.28. The minimum atomic E-state index is -0.0808. The predicted molar refractivity (Wildman–Crippen MR) is 54.7 cm³/mol. The van der Waals surface area contributed by atoms with E-state index < -0.39 is 0 Å². The third-order valence-corrected chi connectivity index (χ3v) is 2.86. The van der Waals surface area contributed by atoms with E-state index in [1.54, 1.807) is 0 Å². The van der Waals surface area contributed by atoms with Gasteiger partial charge < -0.3 is 5.32 Å². The van der Waals surface area contributed by atoms with Crippen molar-refractivity contribution in [2.24, 2.45) is 11.3 Å². The van der Waals surface area contributed by atoms with Crippen LogP contribution in [0.2, 0.25) is 0 Å². The molecule has 1 rings (SSSR count). The lowest BCUT2D eigenvalue weighted by molar-refractivity contribution is -0.129. The summed E-state index contributed by atoms with van der Waals surface area (Å²) in [5.41, 5.74) is -0.0808. The van der Waals surface area contributed by atoms with Gasteiger partial charge in [0.1, 0.15) is 5.78 Å². The summed E-state index contributed by atoms with van der Waals surface area (Å²) in [6.07, 6.45) is 2.93. The van der Waals surface area contributed by atoms with Crippen molar-refractivity contribution in [1.29, 1.82) is 0 Å². The molecule has 0 amide bonds. The maximum absolute atomic E-state index is 11.9. The van der Waals surface area contributed by atoms with E-state index in [9.17, 15) is 4.79 Å². The molecule has 1 atom stereocenters. The summed E-state index contributed by atoms with van der Waals surface area (Å²) < 4.78 is 0. The van der Waals surface area contributed by atoms with Crippen molar-refractivity contribution in [3.05, 3.63) is 0 Å². The zero-order valence-electron chi connectivity index (χ0n) is 9.02. The molecule has 1 fully saturated rings. The first kappa shape index (κ1) is 10.7. The first-order valence-corrected chi connectivity index (χ1v) is 5.28. The molecule has 1 aliphatic rings. The van der Waals surface area contributed by atoms with Crippen LogP contribution in [0.25, 0.3) is 0 Å². The van der Waals surface area contributed by atoms with Crippen molar-refractivity contribution < 1.29 is 4.79 Å². The molecule has 76 valence electrons. The van der Waals surface area contributed by atoms with Gasteiger partial charge in [-0.2, -0.15) is 0 Å². The highest BCUT2D eigenvalue weighted by molar-refractivity contribution is 5.84. The third-order valence-electron chi connectivity index (χ3n) is 2.86. The molecule has 0 aliphatic carbocycles. The van der Waals surface area contributed by atoms with Gasteiger partial charge in [-0.3, -0.25) is 4.79 Å². The smallest absolute Gasteiger partial charge is 0.140 e. The number of Topliss-reactive ketones (excluding diaryl/α,β-unsaturated/α-hetero) is 1. The van der Waals surface area contributed by atoms with E-state index in [1.165, 1.54) is 0 Å². The molecule has 1 aliphatic heterocycles. The SMILES string of the molecule is CC(C)CC(=O)C1(C)CCCNC1. The Hall–Kier alpha value is -0.370. The molecule has 0 spiro atoms. The summed E-state index contributed by atoms with van der Waals surface area (Å²) in [5, 5.41) is 3.31. The number of rotatable bonds is 3. The normalized spacial score (nSPS) is 29.2. The quantitative estimate of drug-likeness (QED) is 0.725. The Balaban J connectivity index is 2.51. The number of hydrogen-bond acceptors (Lipinski definition) is 2. The van der Waals surface area contributed by atoms with Gasteiger partial charge in [0.15, 0.2) is 0 Å². The Morgan fingerprint density at radius 2 is 2.23 bits per heavy atom. The Kier molecular flexibility index (Phi) is 3.48. The van der Waals surface area contributed by atoms with Gasteiger partial charge in [0, 0.05) is 18.4 Å². The highest BCUT2D eigenvalue weighted by Gasteiger charge is 2.33. The number of nitrogens with one attached hydrogen (secondary N) is 1. The number of carbonyl (C=O) groups is 1. The van der Waals surface area contributed by atoms with Crippen LogP contribution in [0.1, 0.15) is 40.0 Å². The number of carbonyl (C=O) groups excluding carboxylic acids is 1. The van der Waals surface area contributed by atoms with Crippen LogP contribution in [0.5, 0.6) is 0 Å². The Bertz CT molecular complexity index is 181. The Labute approximate surface area is 81.1 Å². The highest BCUT2D eigenvalue weighted by atomic mass is 16.1. The molecule has 2 heteroatoms. The van der Waals surface area contributed by atoms with Gasteiger partial charge in [-0.1, -0.05) is 20.8 Å². The predicted octanol–water partition coefficient (Wildman–Crippen LogP) is 1.99. The van der Waals surface area contributed by atoms with Crippen LogP contribution in [-0.4, -0.2) is 18.9 Å². The standard InChI is InChI=1S/C11H21NO/c1-9(2)7-10(13)11(3)5-4-6-12-8-11/h9,12H,4-8H2,1-3H3. The third kappa shape index (κ3) is 2.80. The molecule has 13 heavy (non-hydrogen) atoms. The van der Waals surface area contributed by atoms with Gasteiger partial charge in [0.05, 0.1) is 0 Å². The first-order chi connectivity index (χ1) is 6.04. The van der Waals surface area contributed by atoms with E-state index in [-0.39, 0.29) is 5.41 Å². The maximum Gasteiger partial charge on any atom is 0.140 e. The molecule has 0 aromatic carbocycles. The molecule has 1 saturated heterocycles. The zero-order chi connectivity index (χ0) is 9.90. The summed E-state index contributed by atoms with van der Waals surface area (Å²) >= 11 is 0. The average molecular weight is 183 g/mol. The minimum absolute atomic E-state index is 0.0808. The summed E-state index contributed by atoms with van der Waals surface area (Å²) in [7, 11) is 0. The largest absolute Gasteiger partial charge is 0.316 e. The fraction of sp³-hybridized carbons (Fsp3) is 0.909. The van der Waals surface area contributed by atoms with Crippen LogP contribution in [0.15, 0.2) is 0 Å². The van der Waals surface area contributed by atoms with Gasteiger partial charge in [0.25, 0.3) is 0 Å². The second-order valence-electron chi connectivity index (χ2n) is 4.86. The van der Waals surface area contributed by atoms with Gasteiger partial charge >= 0.3 is 0 Å². The van der Waals surface area contributed by atoms with Crippen molar-refractivity contribution >= 4 is 5.78 Å². The van der Waals surface area contributed by atoms with E-state index in [0.29, 0.717) is 11.7 Å². The van der Waals surface area contributed by atoms with Gasteiger partial charge in [-0.15, -0.1) is 0 Å². The van der Waals surface area contributed by atoms with Crippen LogP contribution in [0.3, 0.4) is 0 Å². The van der Waals surface area contributed by atoms with Gasteiger partial charge in [-0.25, -0.2) is 0 Å². The first-order valence-electron chi connectivity index (χ1n) is 5.28. The fourth-order valence-electron chi connectivity index (χ4n) is 1.91. The van der Waals surface area contributed by atoms with Crippen molar-refractivity contribution in [2.45, 2.75) is 40.0 Å². The summed E-state index contributed by atoms with van der Waals surface area (Å²) in [6, 6.07) is 0. The van der Waals surface area contributed by atoms with E-state index >= 15 is 0 Å². The van der Waals surface area contributed by atoms with Gasteiger partial charge in [-0.05, 0) is 25.3 Å². The average Bonchev–Trinajstić information content (AvgIpc) is 2.04. The molecule has 0 aromatic heterocycles. The van der Waals surface area contributed by atoms with Crippen LogP contribution < -0.4 is 5.32 Å². The minimum Gasteiger partial charge on any atom is -0.316 e. The van der Waals surface area contributed by atoms with Crippen LogP contribution in [-0.2, 0) is 4.79 Å². The number of ketones is 1. The van der Waals surface area contributed by atoms with E-state index in [4.69, 9.17) is 0 Å². The number of piperidine rings is 1. The molecule has 1 heterocycles. The van der Waals surface area contributed by atoms with E-state index in [2.05, 4.69) is 26.1 Å². The molecule has 0 aromatic rings. The monoisotopic (exact) mass is 183 g/mol. The van der Waals surface area contributed by atoms with Crippen molar-refractivity contribution in [2.75, 3.05) is 13.1 Å². The molecule has 2 nitrogen and oxygen atoms in total. The lowest BCUT2D eigenvalue weighted by Crippen LogP contribution is -2.43.